The second-order valence-electron chi connectivity index (χ2n) is 4.03. The summed E-state index contributed by atoms with van der Waals surface area (Å²) in [7, 11) is 1.17. The number of hydrogen-bond acceptors (Lipinski definition) is 8. The number of ether oxygens (including phenoxy) is 1. The third-order valence-electron chi connectivity index (χ3n) is 2.44. The molecule has 0 radical (unpaired) electrons. The van der Waals surface area contributed by atoms with Gasteiger partial charge in [-0.1, -0.05) is 11.8 Å². The summed E-state index contributed by atoms with van der Waals surface area (Å²) in [4.78, 5) is 39.0. The summed E-state index contributed by atoms with van der Waals surface area (Å²) in [6.07, 6.45) is -0.279. The van der Waals surface area contributed by atoms with Crippen molar-refractivity contribution in [3.8, 4) is 11.8 Å². The normalized spacial score (nSPS) is 11.7. The average molecular weight is 317 g/mol. The average Bonchev–Trinajstić information content (AvgIpc) is 2.74. The molecular formula is C12H15NO7S. The van der Waals surface area contributed by atoms with E-state index in [1.54, 1.807) is 0 Å². The molecule has 21 heavy (non-hydrogen) atoms. The Morgan fingerprint density at radius 1 is 1.29 bits per heavy atom. The second kappa shape index (κ2) is 7.58. The van der Waals surface area contributed by atoms with E-state index in [0.29, 0.717) is 4.73 Å². The Morgan fingerprint density at radius 3 is 2.33 bits per heavy atom. The van der Waals surface area contributed by atoms with Crippen LogP contribution in [0.25, 0.3) is 0 Å². The maximum atomic E-state index is 12.0. The second-order valence-corrected chi connectivity index (χ2v) is 5.23. The number of carbonyl (C=O) groups excluding carboxylic acids is 3. The lowest BCUT2D eigenvalue weighted by Gasteiger charge is -2.14. The molecule has 1 unspecified atom stereocenters. The van der Waals surface area contributed by atoms with Gasteiger partial charge in [0.25, 0.3) is 0 Å². The first-order chi connectivity index (χ1) is 9.85. The van der Waals surface area contributed by atoms with Crippen LogP contribution in [0.1, 0.15) is 13.3 Å². The van der Waals surface area contributed by atoms with Gasteiger partial charge in [-0.2, -0.15) is 0 Å². The molecule has 0 aliphatic carbocycles. The minimum Gasteiger partial charge on any atom is -0.492 e. The zero-order valence-electron chi connectivity index (χ0n) is 11.4. The smallest absolute Gasteiger partial charge is 0.337 e. The summed E-state index contributed by atoms with van der Waals surface area (Å²) < 4.78 is 4.99. The third kappa shape index (κ3) is 5.03. The molecule has 1 aromatic rings. The maximum Gasteiger partial charge on any atom is 0.337 e. The SMILES string of the molecule is COC(=O)CC(CSC(C)=O)C(=O)On1c(O)ccc1O. The molecule has 0 saturated carbocycles. The highest BCUT2D eigenvalue weighted by atomic mass is 32.2. The largest absolute Gasteiger partial charge is 0.492 e. The molecule has 0 fully saturated rings. The van der Waals surface area contributed by atoms with Gasteiger partial charge in [-0.05, 0) is 0 Å². The molecule has 0 aromatic carbocycles. The number of aromatic hydroxyl groups is 2. The lowest BCUT2D eigenvalue weighted by Crippen LogP contribution is -2.30. The molecule has 9 heteroatoms. The molecule has 1 rings (SSSR count). The highest BCUT2D eigenvalue weighted by molar-refractivity contribution is 8.13. The number of hydrogen-bond donors (Lipinski definition) is 2. The standard InChI is InChI=1S/C12H15NO7S/c1-7(14)21-6-8(5-11(17)19-2)12(18)20-13-9(15)3-4-10(13)16/h3-4,8,15-16H,5-6H2,1-2H3. The van der Waals surface area contributed by atoms with Crippen LogP contribution in [-0.4, -0.2) is 44.9 Å². The number of thioether (sulfide) groups is 1. The van der Waals surface area contributed by atoms with E-state index in [1.165, 1.54) is 14.0 Å². The molecule has 0 amide bonds. The Labute approximate surface area is 124 Å². The number of carbonyl (C=O) groups is 3. The van der Waals surface area contributed by atoms with Crippen LogP contribution in [0, 0.1) is 5.92 Å². The van der Waals surface area contributed by atoms with Crippen LogP contribution in [0.5, 0.6) is 11.8 Å². The van der Waals surface area contributed by atoms with Crippen molar-refractivity contribution >= 4 is 28.8 Å². The molecule has 0 aliphatic rings. The topological polar surface area (TPSA) is 115 Å². The summed E-state index contributed by atoms with van der Waals surface area (Å²) >= 11 is 0.859. The van der Waals surface area contributed by atoms with E-state index in [9.17, 15) is 24.6 Å². The molecule has 1 atom stereocenters. The summed E-state index contributed by atoms with van der Waals surface area (Å²) in [6.45, 7) is 1.33. The van der Waals surface area contributed by atoms with E-state index in [2.05, 4.69) is 4.74 Å². The predicted molar refractivity (Wildman–Crippen MR) is 72.6 cm³/mol. The Hall–Kier alpha value is -2.16. The van der Waals surface area contributed by atoms with Crippen molar-refractivity contribution in [3.05, 3.63) is 12.1 Å². The van der Waals surface area contributed by atoms with Gasteiger partial charge in [-0.15, -0.1) is 4.73 Å². The first-order valence-corrected chi connectivity index (χ1v) is 6.85. The Morgan fingerprint density at radius 2 is 1.86 bits per heavy atom. The number of methoxy groups -OCH3 is 1. The van der Waals surface area contributed by atoms with E-state index in [-0.39, 0.29) is 17.3 Å². The van der Waals surface area contributed by atoms with Crippen molar-refractivity contribution in [1.29, 1.82) is 0 Å². The van der Waals surface area contributed by atoms with Crippen molar-refractivity contribution in [2.45, 2.75) is 13.3 Å². The van der Waals surface area contributed by atoms with Crippen LogP contribution in [0.15, 0.2) is 12.1 Å². The number of aromatic nitrogens is 1. The fourth-order valence-electron chi connectivity index (χ4n) is 1.37. The molecule has 1 heterocycles. The summed E-state index contributed by atoms with van der Waals surface area (Å²) in [5, 5.41) is 18.5. The van der Waals surface area contributed by atoms with Crippen molar-refractivity contribution in [3.63, 3.8) is 0 Å². The summed E-state index contributed by atoms with van der Waals surface area (Å²) in [5.41, 5.74) is 0. The zero-order chi connectivity index (χ0) is 16.0. The number of nitrogens with zero attached hydrogens (tertiary/aromatic N) is 1. The molecule has 2 N–H and O–H groups in total. The van der Waals surface area contributed by atoms with Gasteiger partial charge in [0, 0.05) is 24.8 Å². The van der Waals surface area contributed by atoms with Gasteiger partial charge in [-0.3, -0.25) is 9.59 Å². The van der Waals surface area contributed by atoms with Crippen molar-refractivity contribution < 1.29 is 34.2 Å². The molecule has 116 valence electrons. The van der Waals surface area contributed by atoms with Gasteiger partial charge >= 0.3 is 11.9 Å². The van der Waals surface area contributed by atoms with Crippen LogP contribution in [-0.2, 0) is 19.1 Å². The quantitative estimate of drug-likeness (QED) is 0.721. The Bertz CT molecular complexity index is 520. The lowest BCUT2D eigenvalue weighted by atomic mass is 10.1. The van der Waals surface area contributed by atoms with Crippen molar-refractivity contribution in [1.82, 2.24) is 4.73 Å². The fraction of sp³-hybridized carbons (Fsp3) is 0.417. The molecular weight excluding hydrogens is 302 g/mol. The minimum absolute atomic E-state index is 0.0199. The number of esters is 1. The van der Waals surface area contributed by atoms with Crippen LogP contribution in [0.3, 0.4) is 0 Å². The van der Waals surface area contributed by atoms with Crippen LogP contribution < -0.4 is 4.84 Å². The Balaban J connectivity index is 2.78. The van der Waals surface area contributed by atoms with Crippen LogP contribution in [0.4, 0.5) is 0 Å². The highest BCUT2D eigenvalue weighted by Crippen LogP contribution is 2.21. The molecule has 0 aliphatic heterocycles. The molecule has 1 aromatic heterocycles. The van der Waals surface area contributed by atoms with Gasteiger partial charge in [0.05, 0.1) is 19.4 Å². The first-order valence-electron chi connectivity index (χ1n) is 5.87. The fourth-order valence-corrected chi connectivity index (χ4v) is 2.06. The number of rotatable bonds is 6. The van der Waals surface area contributed by atoms with E-state index in [0.717, 1.165) is 23.9 Å². The van der Waals surface area contributed by atoms with E-state index in [4.69, 9.17) is 4.84 Å². The molecule has 0 bridgehead atoms. The summed E-state index contributed by atoms with van der Waals surface area (Å²) in [6, 6.07) is 2.25. The van der Waals surface area contributed by atoms with Crippen molar-refractivity contribution in [2.75, 3.05) is 12.9 Å². The Kier molecular flexibility index (Phi) is 6.10. The third-order valence-corrected chi connectivity index (χ3v) is 3.42. The highest BCUT2D eigenvalue weighted by Gasteiger charge is 2.27. The molecule has 8 nitrogen and oxygen atoms in total. The first kappa shape index (κ1) is 16.9. The maximum absolute atomic E-state index is 12.0. The summed E-state index contributed by atoms with van der Waals surface area (Å²) in [5.74, 6) is -3.40. The van der Waals surface area contributed by atoms with Crippen LogP contribution >= 0.6 is 11.8 Å². The van der Waals surface area contributed by atoms with Gasteiger partial charge < -0.3 is 19.8 Å². The molecule has 0 saturated heterocycles. The van der Waals surface area contributed by atoms with E-state index >= 15 is 0 Å². The van der Waals surface area contributed by atoms with Gasteiger partial charge in [-0.25, -0.2) is 4.79 Å². The van der Waals surface area contributed by atoms with Crippen molar-refractivity contribution in [2.24, 2.45) is 5.92 Å². The zero-order valence-corrected chi connectivity index (χ0v) is 12.3. The van der Waals surface area contributed by atoms with Crippen LogP contribution in [0.2, 0.25) is 0 Å². The monoisotopic (exact) mass is 317 g/mol. The lowest BCUT2D eigenvalue weighted by molar-refractivity contribution is -0.154. The van der Waals surface area contributed by atoms with Gasteiger partial charge in [0.2, 0.25) is 11.8 Å². The predicted octanol–water partition coefficient (Wildman–Crippen LogP) is 0.313. The van der Waals surface area contributed by atoms with Gasteiger partial charge in [0.15, 0.2) is 5.12 Å². The van der Waals surface area contributed by atoms with E-state index < -0.39 is 29.6 Å². The molecule has 0 spiro atoms. The van der Waals surface area contributed by atoms with Gasteiger partial charge in [0.1, 0.15) is 0 Å². The van der Waals surface area contributed by atoms with E-state index in [1.807, 2.05) is 0 Å². The minimum atomic E-state index is -0.951.